The van der Waals surface area contributed by atoms with E-state index in [4.69, 9.17) is 18.9 Å². The van der Waals surface area contributed by atoms with Crippen molar-refractivity contribution in [2.24, 2.45) is 0 Å². The first-order chi connectivity index (χ1) is 16.3. The topological polar surface area (TPSA) is 82.2 Å². The maximum absolute atomic E-state index is 12.2. The first-order valence-electron chi connectivity index (χ1n) is 11.2. The molecule has 8 nitrogen and oxygen atoms in total. The number of rotatable bonds is 10. The molecule has 2 aromatic carbocycles. The van der Waals surface area contributed by atoms with E-state index in [-0.39, 0.29) is 0 Å². The predicted octanol–water partition coefficient (Wildman–Crippen LogP) is 5.55. The highest BCUT2D eigenvalue weighted by Crippen LogP contribution is 2.38. The van der Waals surface area contributed by atoms with Crippen LogP contribution < -0.4 is 19.5 Å². The molecule has 1 aromatic heterocycles. The van der Waals surface area contributed by atoms with Crippen LogP contribution in [0.3, 0.4) is 0 Å². The molecule has 0 bridgehead atoms. The molecule has 3 aromatic rings. The molecule has 0 radical (unpaired) electrons. The van der Waals surface area contributed by atoms with Gasteiger partial charge in [-0.2, -0.15) is 0 Å². The van der Waals surface area contributed by atoms with E-state index in [1.807, 2.05) is 58.3 Å². The molecule has 0 aliphatic heterocycles. The van der Waals surface area contributed by atoms with Crippen molar-refractivity contribution in [3.8, 4) is 23.0 Å². The zero-order valence-corrected chi connectivity index (χ0v) is 20.7. The molecule has 3 rings (SSSR count). The number of nitrogens with zero attached hydrogens (tertiary/aromatic N) is 2. The van der Waals surface area contributed by atoms with Gasteiger partial charge in [0.1, 0.15) is 11.5 Å². The SMILES string of the molecule is COc1cc2nccc(Oc3ccc(NC(=O)OCCCCN(C)C)c(C)c3C)c2cc1OC. The lowest BCUT2D eigenvalue weighted by Crippen LogP contribution is -2.17. The predicted molar refractivity (Wildman–Crippen MR) is 134 cm³/mol. The van der Waals surface area contributed by atoms with Crippen molar-refractivity contribution in [1.82, 2.24) is 9.88 Å². The Morgan fingerprint density at radius 3 is 2.38 bits per heavy atom. The fraction of sp³-hybridized carbons (Fsp3) is 0.385. The number of ether oxygens (including phenoxy) is 4. The summed E-state index contributed by atoms with van der Waals surface area (Å²) >= 11 is 0. The summed E-state index contributed by atoms with van der Waals surface area (Å²) in [5.74, 6) is 2.53. The molecule has 1 N–H and O–H groups in total. The van der Waals surface area contributed by atoms with Gasteiger partial charge in [-0.25, -0.2) is 4.79 Å². The minimum absolute atomic E-state index is 0.391. The van der Waals surface area contributed by atoms with Crippen molar-refractivity contribution >= 4 is 22.7 Å². The highest BCUT2D eigenvalue weighted by Gasteiger charge is 2.15. The molecule has 0 unspecified atom stereocenters. The van der Waals surface area contributed by atoms with Crippen LogP contribution in [0.4, 0.5) is 10.5 Å². The van der Waals surface area contributed by atoms with Crippen LogP contribution in [0, 0.1) is 13.8 Å². The number of hydrogen-bond donors (Lipinski definition) is 1. The van der Waals surface area contributed by atoms with Crippen LogP contribution in [0.25, 0.3) is 10.9 Å². The largest absolute Gasteiger partial charge is 0.493 e. The Hall–Kier alpha value is -3.52. The Balaban J connectivity index is 1.73. The highest BCUT2D eigenvalue weighted by atomic mass is 16.5. The van der Waals surface area contributed by atoms with Gasteiger partial charge in [-0.1, -0.05) is 0 Å². The molecule has 182 valence electrons. The third kappa shape index (κ3) is 6.08. The summed E-state index contributed by atoms with van der Waals surface area (Å²) in [6.45, 7) is 5.25. The Bertz CT molecular complexity index is 1150. The van der Waals surface area contributed by atoms with Gasteiger partial charge >= 0.3 is 6.09 Å². The third-order valence-electron chi connectivity index (χ3n) is 5.63. The summed E-state index contributed by atoms with van der Waals surface area (Å²) in [6.07, 6.45) is 3.04. The van der Waals surface area contributed by atoms with Crippen molar-refractivity contribution in [1.29, 1.82) is 0 Å². The van der Waals surface area contributed by atoms with E-state index in [1.54, 1.807) is 20.4 Å². The molecule has 0 spiro atoms. The molecule has 0 fully saturated rings. The number of anilines is 1. The summed E-state index contributed by atoms with van der Waals surface area (Å²) in [4.78, 5) is 18.7. The van der Waals surface area contributed by atoms with Gasteiger partial charge in [0.05, 0.1) is 26.3 Å². The maximum atomic E-state index is 12.2. The first kappa shape index (κ1) is 25.1. The Labute approximate surface area is 200 Å². The normalized spacial score (nSPS) is 10.9. The number of nitrogens with one attached hydrogen (secondary N) is 1. The minimum Gasteiger partial charge on any atom is -0.493 e. The summed E-state index contributed by atoms with van der Waals surface area (Å²) in [6, 6.07) is 9.13. The lowest BCUT2D eigenvalue weighted by molar-refractivity contribution is 0.158. The standard InChI is InChI=1S/C26H33N3O5/c1-17-18(2)22(10-9-20(17)28-26(30)33-14-8-7-13-29(3)4)34-23-11-12-27-21-16-25(32-6)24(31-5)15-19(21)23/h9-12,15-16H,7-8,13-14H2,1-6H3,(H,28,30). The Kier molecular flexibility index (Phi) is 8.54. The minimum atomic E-state index is -0.456. The van der Waals surface area contributed by atoms with Gasteiger partial charge in [0, 0.05) is 23.3 Å². The summed E-state index contributed by atoms with van der Waals surface area (Å²) in [5, 5.41) is 3.63. The summed E-state index contributed by atoms with van der Waals surface area (Å²) in [5.41, 5.74) is 3.24. The first-order valence-corrected chi connectivity index (χ1v) is 11.2. The van der Waals surface area contributed by atoms with Crippen LogP contribution in [0.1, 0.15) is 24.0 Å². The number of benzene rings is 2. The van der Waals surface area contributed by atoms with E-state index in [0.717, 1.165) is 41.4 Å². The molecule has 0 saturated heterocycles. The second-order valence-electron chi connectivity index (χ2n) is 8.27. The molecule has 0 aliphatic rings. The molecule has 1 heterocycles. The number of carbonyl (C=O) groups excluding carboxylic acids is 1. The van der Waals surface area contributed by atoms with Gasteiger partial charge in [-0.3, -0.25) is 10.3 Å². The van der Waals surface area contributed by atoms with E-state index < -0.39 is 6.09 Å². The van der Waals surface area contributed by atoms with E-state index in [9.17, 15) is 4.79 Å². The molecule has 0 saturated carbocycles. The fourth-order valence-electron chi connectivity index (χ4n) is 3.54. The average Bonchev–Trinajstić information content (AvgIpc) is 2.82. The third-order valence-corrected chi connectivity index (χ3v) is 5.63. The molecule has 1 amide bonds. The lowest BCUT2D eigenvalue weighted by Gasteiger charge is -2.16. The monoisotopic (exact) mass is 467 g/mol. The number of hydrogen-bond acceptors (Lipinski definition) is 7. The van der Waals surface area contributed by atoms with E-state index >= 15 is 0 Å². The van der Waals surface area contributed by atoms with E-state index in [1.165, 1.54) is 0 Å². The Morgan fingerprint density at radius 2 is 1.68 bits per heavy atom. The molecular formula is C26H33N3O5. The number of aromatic nitrogens is 1. The zero-order chi connectivity index (χ0) is 24.7. The highest BCUT2D eigenvalue weighted by molar-refractivity contribution is 5.89. The van der Waals surface area contributed by atoms with Gasteiger partial charge in [-0.05, 0) is 82.7 Å². The van der Waals surface area contributed by atoms with Gasteiger partial charge in [0.15, 0.2) is 11.5 Å². The molecule has 0 aliphatic carbocycles. The van der Waals surface area contributed by atoms with Crippen LogP contribution in [0.15, 0.2) is 36.5 Å². The van der Waals surface area contributed by atoms with Crippen molar-refractivity contribution in [3.63, 3.8) is 0 Å². The number of methoxy groups -OCH3 is 2. The number of pyridine rings is 1. The number of carbonyl (C=O) groups is 1. The second-order valence-corrected chi connectivity index (χ2v) is 8.27. The van der Waals surface area contributed by atoms with Gasteiger partial charge in [-0.15, -0.1) is 0 Å². The van der Waals surface area contributed by atoms with Crippen molar-refractivity contribution in [2.45, 2.75) is 26.7 Å². The van der Waals surface area contributed by atoms with Crippen molar-refractivity contribution < 1.29 is 23.7 Å². The molecule has 8 heteroatoms. The average molecular weight is 468 g/mol. The van der Waals surface area contributed by atoms with Crippen LogP contribution in [0.2, 0.25) is 0 Å². The Morgan fingerprint density at radius 1 is 0.941 bits per heavy atom. The smallest absolute Gasteiger partial charge is 0.411 e. The molecule has 34 heavy (non-hydrogen) atoms. The van der Waals surface area contributed by atoms with Crippen LogP contribution in [0.5, 0.6) is 23.0 Å². The lowest BCUT2D eigenvalue weighted by atomic mass is 10.1. The van der Waals surface area contributed by atoms with Crippen molar-refractivity contribution in [3.05, 3.63) is 47.7 Å². The molecule has 0 atom stereocenters. The molecular weight excluding hydrogens is 434 g/mol. The zero-order valence-electron chi connectivity index (χ0n) is 20.7. The quantitative estimate of drug-likeness (QED) is 0.391. The van der Waals surface area contributed by atoms with Crippen molar-refractivity contribution in [2.75, 3.05) is 46.8 Å². The van der Waals surface area contributed by atoms with Crippen LogP contribution >= 0.6 is 0 Å². The number of unbranched alkanes of at least 4 members (excludes halogenated alkanes) is 1. The maximum Gasteiger partial charge on any atom is 0.411 e. The van der Waals surface area contributed by atoms with Crippen LogP contribution in [-0.4, -0.2) is 57.4 Å². The number of amides is 1. The van der Waals surface area contributed by atoms with E-state index in [0.29, 0.717) is 35.3 Å². The van der Waals surface area contributed by atoms with Gasteiger partial charge < -0.3 is 23.8 Å². The fourth-order valence-corrected chi connectivity index (χ4v) is 3.54. The summed E-state index contributed by atoms with van der Waals surface area (Å²) in [7, 11) is 7.23. The number of fused-ring (bicyclic) bond motifs is 1. The summed E-state index contributed by atoms with van der Waals surface area (Å²) < 4.78 is 22.4. The van der Waals surface area contributed by atoms with Crippen LogP contribution in [-0.2, 0) is 4.74 Å². The van der Waals surface area contributed by atoms with Gasteiger partial charge in [0.25, 0.3) is 0 Å². The second kappa shape index (κ2) is 11.6. The van der Waals surface area contributed by atoms with Gasteiger partial charge in [0.2, 0.25) is 0 Å². The van der Waals surface area contributed by atoms with E-state index in [2.05, 4.69) is 15.2 Å².